The molecule has 1 aromatic heterocycles. The Morgan fingerprint density at radius 3 is 1.19 bits per heavy atom. The van der Waals surface area contributed by atoms with Crippen LogP contribution in [-0.2, 0) is 0 Å². The summed E-state index contributed by atoms with van der Waals surface area (Å²) in [6.07, 6.45) is 0. The van der Waals surface area contributed by atoms with E-state index in [4.69, 9.17) is 0 Å². The highest BCUT2D eigenvalue weighted by Gasteiger charge is 2.21. The summed E-state index contributed by atoms with van der Waals surface area (Å²) >= 11 is 1.81. The largest absolute Gasteiger partial charge is 0.302 e. The minimum absolute atomic E-state index is 1.15. The van der Waals surface area contributed by atoms with Gasteiger partial charge in [0.2, 0.25) is 0 Å². The van der Waals surface area contributed by atoms with Crippen LogP contribution < -0.4 is 9.80 Å². The summed E-state index contributed by atoms with van der Waals surface area (Å²) < 4.78 is 0. The molecule has 5 rings (SSSR count). The second kappa shape index (κ2) is 9.13. The molecule has 2 nitrogen and oxygen atoms in total. The standard InChI is InChI=1S/C29H24N2S/c1-23-22-28(30(24-14-6-2-7-15-24)25-16-8-3-9-17-25)32-29(23)31(26-18-10-4-11-19-26)27-20-12-5-13-21-27/h2-22H,1H3. The highest BCUT2D eigenvalue weighted by molar-refractivity contribution is 7.20. The third kappa shape index (κ3) is 4.03. The lowest BCUT2D eigenvalue weighted by Crippen LogP contribution is -2.09. The van der Waals surface area contributed by atoms with Crippen LogP contribution >= 0.6 is 11.3 Å². The van der Waals surface area contributed by atoms with Gasteiger partial charge in [0.05, 0.1) is 0 Å². The van der Waals surface area contributed by atoms with E-state index in [1.165, 1.54) is 15.6 Å². The van der Waals surface area contributed by atoms with Gasteiger partial charge in [0.1, 0.15) is 10.0 Å². The number of para-hydroxylation sites is 4. The molecule has 0 amide bonds. The normalized spacial score (nSPS) is 10.7. The zero-order valence-corrected chi connectivity index (χ0v) is 18.7. The first-order valence-corrected chi connectivity index (χ1v) is 11.5. The van der Waals surface area contributed by atoms with Crippen molar-refractivity contribution in [2.45, 2.75) is 6.92 Å². The molecular formula is C29H24N2S. The van der Waals surface area contributed by atoms with Crippen LogP contribution in [-0.4, -0.2) is 0 Å². The fourth-order valence-corrected chi connectivity index (χ4v) is 5.14. The molecule has 0 fully saturated rings. The van der Waals surface area contributed by atoms with Crippen LogP contribution in [0.1, 0.15) is 5.56 Å². The predicted molar refractivity (Wildman–Crippen MR) is 138 cm³/mol. The number of benzene rings is 4. The first-order chi connectivity index (χ1) is 15.8. The molecule has 0 unspecified atom stereocenters. The number of hydrogen-bond donors (Lipinski definition) is 0. The average molecular weight is 433 g/mol. The molecule has 32 heavy (non-hydrogen) atoms. The van der Waals surface area contributed by atoms with E-state index in [0.29, 0.717) is 0 Å². The minimum atomic E-state index is 1.15. The molecule has 1 heterocycles. The van der Waals surface area contributed by atoms with Gasteiger partial charge in [-0.05, 0) is 67.1 Å². The number of hydrogen-bond acceptors (Lipinski definition) is 3. The van der Waals surface area contributed by atoms with Crippen molar-refractivity contribution >= 4 is 44.1 Å². The Kier molecular flexibility index (Phi) is 5.73. The van der Waals surface area contributed by atoms with Gasteiger partial charge in [-0.1, -0.05) is 84.1 Å². The lowest BCUT2D eigenvalue weighted by atomic mass is 10.2. The topological polar surface area (TPSA) is 6.48 Å². The number of thiophene rings is 1. The summed E-state index contributed by atoms with van der Waals surface area (Å²) in [6.45, 7) is 2.20. The SMILES string of the molecule is Cc1cc(N(c2ccccc2)c2ccccc2)sc1N(c1ccccc1)c1ccccc1. The second-order valence-corrected chi connectivity index (χ2v) is 8.59. The van der Waals surface area contributed by atoms with Crippen LogP contribution in [0.2, 0.25) is 0 Å². The molecule has 0 atom stereocenters. The Hall–Kier alpha value is -3.82. The van der Waals surface area contributed by atoms with Crippen molar-refractivity contribution in [3.05, 3.63) is 133 Å². The van der Waals surface area contributed by atoms with E-state index in [2.05, 4.69) is 144 Å². The van der Waals surface area contributed by atoms with Crippen molar-refractivity contribution in [2.24, 2.45) is 0 Å². The summed E-state index contributed by atoms with van der Waals surface area (Å²) in [5.41, 5.74) is 5.85. The molecule has 0 bridgehead atoms. The fourth-order valence-electron chi connectivity index (χ4n) is 3.88. The summed E-state index contributed by atoms with van der Waals surface area (Å²) in [6, 6.07) is 44.6. The molecule has 0 spiro atoms. The van der Waals surface area contributed by atoms with E-state index in [1.54, 1.807) is 11.3 Å². The highest BCUT2D eigenvalue weighted by atomic mass is 32.1. The van der Waals surface area contributed by atoms with Crippen molar-refractivity contribution in [3.8, 4) is 0 Å². The quantitative estimate of drug-likeness (QED) is 0.264. The first kappa shape index (κ1) is 20.1. The maximum atomic E-state index is 2.34. The molecule has 0 aliphatic rings. The van der Waals surface area contributed by atoms with Crippen molar-refractivity contribution in [1.82, 2.24) is 0 Å². The third-order valence-electron chi connectivity index (χ3n) is 5.36. The Labute approximate surface area is 193 Å². The average Bonchev–Trinajstić information content (AvgIpc) is 3.22. The summed E-state index contributed by atoms with van der Waals surface area (Å²) in [5.74, 6) is 0. The monoisotopic (exact) mass is 432 g/mol. The van der Waals surface area contributed by atoms with Gasteiger partial charge < -0.3 is 9.80 Å². The van der Waals surface area contributed by atoms with Crippen molar-refractivity contribution in [2.75, 3.05) is 9.80 Å². The number of nitrogens with zero attached hydrogens (tertiary/aromatic N) is 2. The maximum absolute atomic E-state index is 2.34. The fraction of sp³-hybridized carbons (Fsp3) is 0.0345. The van der Waals surface area contributed by atoms with Crippen LogP contribution in [0.25, 0.3) is 0 Å². The van der Waals surface area contributed by atoms with Crippen molar-refractivity contribution < 1.29 is 0 Å². The van der Waals surface area contributed by atoms with Gasteiger partial charge in [-0.3, -0.25) is 0 Å². The maximum Gasteiger partial charge on any atom is 0.105 e. The summed E-state index contributed by atoms with van der Waals surface area (Å²) in [7, 11) is 0. The molecule has 5 aromatic rings. The van der Waals surface area contributed by atoms with Crippen LogP contribution in [0.3, 0.4) is 0 Å². The highest BCUT2D eigenvalue weighted by Crippen LogP contribution is 2.47. The molecular weight excluding hydrogens is 408 g/mol. The molecule has 0 saturated carbocycles. The number of aryl methyl sites for hydroxylation is 1. The van der Waals surface area contributed by atoms with Gasteiger partial charge in [0.25, 0.3) is 0 Å². The number of rotatable bonds is 6. The van der Waals surface area contributed by atoms with Crippen LogP contribution in [0.15, 0.2) is 127 Å². The van der Waals surface area contributed by atoms with Crippen molar-refractivity contribution in [1.29, 1.82) is 0 Å². The van der Waals surface area contributed by atoms with E-state index in [1.807, 2.05) is 0 Å². The molecule has 4 aromatic carbocycles. The van der Waals surface area contributed by atoms with Crippen molar-refractivity contribution in [3.63, 3.8) is 0 Å². The summed E-state index contributed by atoms with van der Waals surface area (Å²) in [4.78, 5) is 4.67. The Bertz CT molecular complexity index is 1190. The Morgan fingerprint density at radius 1 is 0.469 bits per heavy atom. The van der Waals surface area contributed by atoms with E-state index >= 15 is 0 Å². The Morgan fingerprint density at radius 2 is 0.812 bits per heavy atom. The second-order valence-electron chi connectivity index (χ2n) is 7.59. The van der Waals surface area contributed by atoms with E-state index in [0.717, 1.165) is 22.7 Å². The van der Waals surface area contributed by atoms with E-state index in [-0.39, 0.29) is 0 Å². The minimum Gasteiger partial charge on any atom is -0.302 e. The molecule has 0 saturated heterocycles. The van der Waals surface area contributed by atoms with Gasteiger partial charge in [-0.15, -0.1) is 0 Å². The van der Waals surface area contributed by atoms with Gasteiger partial charge in [0, 0.05) is 22.7 Å². The lowest BCUT2D eigenvalue weighted by Gasteiger charge is -2.25. The van der Waals surface area contributed by atoms with Gasteiger partial charge >= 0.3 is 0 Å². The smallest absolute Gasteiger partial charge is 0.105 e. The molecule has 156 valence electrons. The van der Waals surface area contributed by atoms with Gasteiger partial charge in [-0.25, -0.2) is 0 Å². The summed E-state index contributed by atoms with van der Waals surface area (Å²) in [5, 5.41) is 2.40. The molecule has 3 heteroatoms. The zero-order chi connectivity index (χ0) is 21.8. The predicted octanol–water partition coefficient (Wildman–Crippen LogP) is 9.00. The van der Waals surface area contributed by atoms with Crippen LogP contribution in [0.4, 0.5) is 32.8 Å². The van der Waals surface area contributed by atoms with Gasteiger partial charge in [-0.2, -0.15) is 0 Å². The first-order valence-electron chi connectivity index (χ1n) is 10.7. The van der Waals surface area contributed by atoms with Crippen LogP contribution in [0, 0.1) is 6.92 Å². The Balaban J connectivity index is 1.66. The molecule has 0 aliphatic heterocycles. The van der Waals surface area contributed by atoms with Crippen LogP contribution in [0.5, 0.6) is 0 Å². The number of anilines is 6. The molecule has 0 aliphatic carbocycles. The molecule has 0 radical (unpaired) electrons. The zero-order valence-electron chi connectivity index (χ0n) is 17.9. The lowest BCUT2D eigenvalue weighted by molar-refractivity contribution is 1.29. The van der Waals surface area contributed by atoms with E-state index < -0.39 is 0 Å². The molecule has 0 N–H and O–H groups in total. The van der Waals surface area contributed by atoms with E-state index in [9.17, 15) is 0 Å². The van der Waals surface area contributed by atoms with Gasteiger partial charge in [0.15, 0.2) is 0 Å². The third-order valence-corrected chi connectivity index (χ3v) is 6.57.